The molecule has 0 bridgehead atoms. The van der Waals surface area contributed by atoms with Crippen LogP contribution in [0.2, 0.25) is 5.02 Å². The quantitative estimate of drug-likeness (QED) is 0.453. The Balaban J connectivity index is 1.58. The maximum Gasteiger partial charge on any atom is 0.0702 e. The summed E-state index contributed by atoms with van der Waals surface area (Å²) < 4.78 is 0. The second-order valence-electron chi connectivity index (χ2n) is 6.73. The van der Waals surface area contributed by atoms with E-state index in [0.717, 1.165) is 27.8 Å². The smallest absolute Gasteiger partial charge is 0.0702 e. The summed E-state index contributed by atoms with van der Waals surface area (Å²) >= 11 is 5.93. The molecule has 0 aliphatic heterocycles. The fourth-order valence-electron chi connectivity index (χ4n) is 3.32. The molecule has 3 rings (SSSR count). The third kappa shape index (κ3) is 5.21. The van der Waals surface area contributed by atoms with Crippen LogP contribution >= 0.6 is 11.6 Å². The van der Waals surface area contributed by atoms with Gasteiger partial charge in [-0.05, 0) is 69.2 Å². The van der Waals surface area contributed by atoms with Gasteiger partial charge in [-0.25, -0.2) is 0 Å². The molecule has 0 N–H and O–H groups in total. The highest BCUT2D eigenvalue weighted by molar-refractivity contribution is 6.30. The Kier molecular flexibility index (Phi) is 6.31. The highest BCUT2D eigenvalue weighted by atomic mass is 35.5. The van der Waals surface area contributed by atoms with E-state index in [9.17, 15) is 0 Å². The molecule has 0 unspecified atom stereocenters. The van der Waals surface area contributed by atoms with Crippen LogP contribution in [0.1, 0.15) is 44.6 Å². The predicted octanol–water partition coefficient (Wildman–Crippen LogP) is 6.53. The average Bonchev–Trinajstić information content (AvgIpc) is 2.67. The second kappa shape index (κ2) is 8.88. The summed E-state index contributed by atoms with van der Waals surface area (Å²) in [6.45, 7) is 2.10. The first kappa shape index (κ1) is 17.8. The molecule has 1 aromatic carbocycles. The Bertz CT molecular complexity index is 754. The van der Waals surface area contributed by atoms with Crippen LogP contribution in [0.3, 0.4) is 0 Å². The van der Waals surface area contributed by atoms with Crippen molar-refractivity contribution in [3.8, 4) is 23.1 Å². The van der Waals surface area contributed by atoms with E-state index in [1.165, 1.54) is 32.1 Å². The minimum absolute atomic E-state index is 0.540. The van der Waals surface area contributed by atoms with E-state index >= 15 is 0 Å². The average molecular weight is 350 g/mol. The van der Waals surface area contributed by atoms with Crippen molar-refractivity contribution < 1.29 is 0 Å². The van der Waals surface area contributed by atoms with E-state index in [-0.39, 0.29) is 0 Å². The summed E-state index contributed by atoms with van der Waals surface area (Å²) in [6.07, 6.45) is 12.6. The number of allylic oxidation sites excluding steroid dienone is 2. The Morgan fingerprint density at radius 2 is 1.84 bits per heavy atom. The van der Waals surface area contributed by atoms with E-state index in [1.807, 2.05) is 36.5 Å². The summed E-state index contributed by atoms with van der Waals surface area (Å²) in [7, 11) is 0. The molecule has 25 heavy (non-hydrogen) atoms. The highest BCUT2D eigenvalue weighted by Gasteiger charge is 2.18. The molecule has 1 nitrogen and oxygen atoms in total. The summed E-state index contributed by atoms with van der Waals surface area (Å²) in [5.74, 6) is 8.16. The van der Waals surface area contributed by atoms with Gasteiger partial charge < -0.3 is 0 Å². The molecule has 0 amide bonds. The molecule has 1 heterocycles. The molecule has 1 saturated carbocycles. The molecule has 0 spiro atoms. The van der Waals surface area contributed by atoms with Gasteiger partial charge in [-0.2, -0.15) is 0 Å². The first-order valence-corrected chi connectivity index (χ1v) is 9.47. The molecular formula is C23H24ClN. The summed E-state index contributed by atoms with van der Waals surface area (Å²) in [4.78, 5) is 4.53. The number of pyridine rings is 1. The fourth-order valence-corrected chi connectivity index (χ4v) is 3.44. The van der Waals surface area contributed by atoms with Crippen LogP contribution in [0.5, 0.6) is 0 Å². The molecule has 1 fully saturated rings. The lowest BCUT2D eigenvalue weighted by Gasteiger charge is -2.24. The predicted molar refractivity (Wildman–Crippen MR) is 106 cm³/mol. The lowest BCUT2D eigenvalue weighted by molar-refractivity contribution is 0.319. The fraction of sp³-hybridized carbons (Fsp3) is 0.348. The van der Waals surface area contributed by atoms with Gasteiger partial charge in [0, 0.05) is 28.3 Å². The molecule has 1 aliphatic rings. The van der Waals surface area contributed by atoms with Gasteiger partial charge in [-0.3, -0.25) is 4.98 Å². The van der Waals surface area contributed by atoms with Crippen LogP contribution < -0.4 is 0 Å². The number of hydrogen-bond donors (Lipinski definition) is 0. The van der Waals surface area contributed by atoms with Crippen molar-refractivity contribution in [3.05, 3.63) is 65.3 Å². The zero-order valence-electron chi connectivity index (χ0n) is 14.7. The zero-order valence-corrected chi connectivity index (χ0v) is 15.5. The van der Waals surface area contributed by atoms with E-state index in [4.69, 9.17) is 11.6 Å². The number of nitrogens with zero attached hydrogens (tertiary/aromatic N) is 1. The van der Waals surface area contributed by atoms with Crippen molar-refractivity contribution in [3.63, 3.8) is 0 Å². The third-order valence-corrected chi connectivity index (χ3v) is 5.13. The zero-order chi connectivity index (χ0) is 17.5. The Morgan fingerprint density at radius 1 is 1.08 bits per heavy atom. The van der Waals surface area contributed by atoms with Gasteiger partial charge in [0.1, 0.15) is 0 Å². The number of rotatable bonds is 3. The summed E-state index contributed by atoms with van der Waals surface area (Å²) in [5, 5.41) is 0.742. The molecule has 1 aromatic heterocycles. The molecular weight excluding hydrogens is 326 g/mol. The highest BCUT2D eigenvalue weighted by Crippen LogP contribution is 2.30. The Morgan fingerprint density at radius 3 is 2.48 bits per heavy atom. The first-order chi connectivity index (χ1) is 12.2. The van der Waals surface area contributed by atoms with Gasteiger partial charge >= 0.3 is 0 Å². The molecule has 0 radical (unpaired) electrons. The molecule has 2 heteroatoms. The topological polar surface area (TPSA) is 12.9 Å². The van der Waals surface area contributed by atoms with Crippen LogP contribution in [0, 0.1) is 23.7 Å². The minimum Gasteiger partial charge on any atom is -0.255 e. The van der Waals surface area contributed by atoms with Gasteiger partial charge in [0.05, 0.1) is 5.69 Å². The standard InChI is InChI=1S/C23H24ClN/c1-2-3-4-18-5-7-19(8-6-18)9-10-20-11-16-23(25-17-20)21-12-14-22(24)15-13-21/h2-3,11-19H,4-8H2,1H3. The summed E-state index contributed by atoms with van der Waals surface area (Å²) in [5.41, 5.74) is 3.02. The van der Waals surface area contributed by atoms with E-state index in [1.54, 1.807) is 0 Å². The maximum absolute atomic E-state index is 5.93. The second-order valence-corrected chi connectivity index (χ2v) is 7.17. The number of halogens is 1. The van der Waals surface area contributed by atoms with E-state index < -0.39 is 0 Å². The first-order valence-electron chi connectivity index (χ1n) is 9.09. The van der Waals surface area contributed by atoms with Crippen molar-refractivity contribution in [2.24, 2.45) is 11.8 Å². The normalized spacial score (nSPS) is 20.2. The van der Waals surface area contributed by atoms with Crippen LogP contribution in [-0.4, -0.2) is 4.98 Å². The van der Waals surface area contributed by atoms with Crippen LogP contribution in [0.15, 0.2) is 54.7 Å². The lowest BCUT2D eigenvalue weighted by atomic mass is 9.81. The largest absolute Gasteiger partial charge is 0.255 e. The van der Waals surface area contributed by atoms with Crippen molar-refractivity contribution in [1.29, 1.82) is 0 Å². The molecule has 0 atom stereocenters. The van der Waals surface area contributed by atoms with E-state index in [2.05, 4.69) is 42.0 Å². The van der Waals surface area contributed by atoms with E-state index in [0.29, 0.717) is 5.92 Å². The van der Waals surface area contributed by atoms with Crippen LogP contribution in [-0.2, 0) is 0 Å². The lowest BCUT2D eigenvalue weighted by Crippen LogP contribution is -2.12. The van der Waals surface area contributed by atoms with Gasteiger partial charge in [0.15, 0.2) is 0 Å². The van der Waals surface area contributed by atoms with Crippen molar-refractivity contribution in [2.75, 3.05) is 0 Å². The maximum atomic E-state index is 5.93. The Hall–Kier alpha value is -2.04. The Labute approximate surface area is 156 Å². The van der Waals surface area contributed by atoms with Crippen molar-refractivity contribution in [2.45, 2.75) is 39.0 Å². The van der Waals surface area contributed by atoms with Gasteiger partial charge in [-0.15, -0.1) is 0 Å². The number of benzene rings is 1. The monoisotopic (exact) mass is 349 g/mol. The van der Waals surface area contributed by atoms with Crippen LogP contribution in [0.25, 0.3) is 11.3 Å². The van der Waals surface area contributed by atoms with Crippen molar-refractivity contribution >= 4 is 11.6 Å². The molecule has 128 valence electrons. The molecule has 1 aliphatic carbocycles. The number of hydrogen-bond acceptors (Lipinski definition) is 1. The molecule has 2 aromatic rings. The van der Waals surface area contributed by atoms with Gasteiger partial charge in [-0.1, -0.05) is 47.7 Å². The van der Waals surface area contributed by atoms with Crippen LogP contribution in [0.4, 0.5) is 0 Å². The van der Waals surface area contributed by atoms with Gasteiger partial charge in [0.25, 0.3) is 0 Å². The number of aromatic nitrogens is 1. The van der Waals surface area contributed by atoms with Crippen molar-refractivity contribution in [1.82, 2.24) is 4.98 Å². The minimum atomic E-state index is 0.540. The molecule has 0 saturated heterocycles. The summed E-state index contributed by atoms with van der Waals surface area (Å²) in [6, 6.07) is 11.8. The SMILES string of the molecule is CC=CCC1CCC(C#Cc2ccc(-c3ccc(Cl)cc3)nc2)CC1. The van der Waals surface area contributed by atoms with Gasteiger partial charge in [0.2, 0.25) is 0 Å². The third-order valence-electron chi connectivity index (χ3n) is 4.88.